The highest BCUT2D eigenvalue weighted by atomic mass is 15.3. The Labute approximate surface area is 43.6 Å². The largest absolute Gasteiger partial charge is 0.388 e. The van der Waals surface area contributed by atoms with E-state index in [0.717, 1.165) is 0 Å². The van der Waals surface area contributed by atoms with Crippen molar-refractivity contribution in [3.63, 3.8) is 0 Å². The molecule has 0 saturated heterocycles. The molecule has 3 N–H and O–H groups in total. The zero-order valence-corrected chi connectivity index (χ0v) is 4.68. The van der Waals surface area contributed by atoms with Gasteiger partial charge in [-0.25, -0.2) is 0 Å². The van der Waals surface area contributed by atoms with E-state index in [1.165, 1.54) is 6.34 Å². The molecule has 3 nitrogen and oxygen atoms in total. The molecule has 0 unspecified atom stereocenters. The zero-order valence-electron chi connectivity index (χ0n) is 4.68. The highest BCUT2D eigenvalue weighted by molar-refractivity contribution is 5.50. The Bertz CT molecular complexity index is 58.0. The fraction of sp³-hybridized carbons (Fsp3) is 0.750. The first-order valence-electron chi connectivity index (χ1n) is 2.26. The average Bonchev–Trinajstić information content (AvgIpc) is 1.61. The van der Waals surface area contributed by atoms with Gasteiger partial charge in [0.25, 0.3) is 0 Å². The van der Waals surface area contributed by atoms with Crippen LogP contribution in [-0.4, -0.2) is 12.4 Å². The van der Waals surface area contributed by atoms with Crippen LogP contribution in [0.5, 0.6) is 0 Å². The topological polar surface area (TPSA) is 50.4 Å². The molecule has 0 aromatic carbocycles. The van der Waals surface area contributed by atoms with Crippen molar-refractivity contribution in [1.29, 1.82) is 0 Å². The van der Waals surface area contributed by atoms with Gasteiger partial charge in [-0.1, -0.05) is 0 Å². The van der Waals surface area contributed by atoms with Crippen molar-refractivity contribution in [2.75, 3.05) is 0 Å². The first-order valence-corrected chi connectivity index (χ1v) is 2.26. The van der Waals surface area contributed by atoms with Gasteiger partial charge in [-0.3, -0.25) is 0 Å². The van der Waals surface area contributed by atoms with Crippen molar-refractivity contribution in [2.45, 2.75) is 19.9 Å². The van der Waals surface area contributed by atoms with Gasteiger partial charge in [0.05, 0.1) is 0 Å². The van der Waals surface area contributed by atoms with E-state index in [1.54, 1.807) is 0 Å². The molecule has 0 heterocycles. The van der Waals surface area contributed by atoms with Gasteiger partial charge in [0.1, 0.15) is 6.34 Å². The molecule has 0 aliphatic rings. The predicted octanol–water partition coefficient (Wildman–Crippen LogP) is -0.114. The molecule has 0 aromatic rings. The Morgan fingerprint density at radius 3 is 2.43 bits per heavy atom. The number of nitrogens with zero attached hydrogens (tertiary/aromatic N) is 1. The van der Waals surface area contributed by atoms with E-state index in [0.29, 0.717) is 6.04 Å². The van der Waals surface area contributed by atoms with Crippen molar-refractivity contribution in [3.05, 3.63) is 0 Å². The third-order valence-corrected chi connectivity index (χ3v) is 0.407. The van der Waals surface area contributed by atoms with Gasteiger partial charge >= 0.3 is 0 Å². The summed E-state index contributed by atoms with van der Waals surface area (Å²) in [7, 11) is 0. The summed E-state index contributed by atoms with van der Waals surface area (Å²) in [6.45, 7) is 3.99. The smallest absolute Gasteiger partial charge is 0.106 e. The summed E-state index contributed by atoms with van der Waals surface area (Å²) in [4.78, 5) is 0. The summed E-state index contributed by atoms with van der Waals surface area (Å²) >= 11 is 0. The van der Waals surface area contributed by atoms with Gasteiger partial charge in [0, 0.05) is 6.04 Å². The number of hydrazone groups is 1. The van der Waals surface area contributed by atoms with Gasteiger partial charge in [0.15, 0.2) is 0 Å². The second-order valence-electron chi connectivity index (χ2n) is 1.56. The van der Waals surface area contributed by atoms with Crippen molar-refractivity contribution in [1.82, 2.24) is 5.43 Å². The summed E-state index contributed by atoms with van der Waals surface area (Å²) in [5, 5.41) is 3.57. The Kier molecular flexibility index (Phi) is 3.10. The number of nitrogens with one attached hydrogen (secondary N) is 1. The van der Waals surface area contributed by atoms with Crippen LogP contribution in [0.4, 0.5) is 0 Å². The molecule has 0 bridgehead atoms. The highest BCUT2D eigenvalue weighted by Gasteiger charge is 1.80. The Hall–Kier alpha value is -0.730. The van der Waals surface area contributed by atoms with Crippen molar-refractivity contribution in [2.24, 2.45) is 10.8 Å². The number of rotatable bonds is 2. The Morgan fingerprint density at radius 2 is 2.29 bits per heavy atom. The molecule has 0 radical (unpaired) electrons. The maximum absolute atomic E-state index is 4.92. The zero-order chi connectivity index (χ0) is 5.70. The van der Waals surface area contributed by atoms with Crippen LogP contribution in [-0.2, 0) is 0 Å². The lowest BCUT2D eigenvalue weighted by Crippen LogP contribution is -2.16. The van der Waals surface area contributed by atoms with E-state index < -0.39 is 0 Å². The van der Waals surface area contributed by atoms with Crippen LogP contribution < -0.4 is 11.2 Å². The van der Waals surface area contributed by atoms with Crippen LogP contribution >= 0.6 is 0 Å². The first-order chi connectivity index (χ1) is 3.27. The Morgan fingerprint density at radius 1 is 1.71 bits per heavy atom. The molecule has 0 atom stereocenters. The van der Waals surface area contributed by atoms with Crippen LogP contribution in [0.1, 0.15) is 13.8 Å². The third-order valence-electron chi connectivity index (χ3n) is 0.407. The monoisotopic (exact) mass is 101 g/mol. The van der Waals surface area contributed by atoms with E-state index in [1.807, 2.05) is 13.8 Å². The van der Waals surface area contributed by atoms with Gasteiger partial charge in [0.2, 0.25) is 0 Å². The fourth-order valence-corrected chi connectivity index (χ4v) is 0.192. The molecule has 0 spiro atoms. The van der Waals surface area contributed by atoms with E-state index in [-0.39, 0.29) is 0 Å². The average molecular weight is 101 g/mol. The normalized spacial score (nSPS) is 10.7. The second-order valence-corrected chi connectivity index (χ2v) is 1.56. The van der Waals surface area contributed by atoms with Gasteiger partial charge in [-0.2, -0.15) is 5.10 Å². The number of hydrogen-bond acceptors (Lipinski definition) is 2. The molecule has 7 heavy (non-hydrogen) atoms. The van der Waals surface area contributed by atoms with Crippen LogP contribution in [0.3, 0.4) is 0 Å². The maximum Gasteiger partial charge on any atom is 0.106 e. The molecule has 3 heteroatoms. The lowest BCUT2D eigenvalue weighted by molar-refractivity contribution is 0.622. The number of nitrogens with two attached hydrogens (primary N) is 1. The van der Waals surface area contributed by atoms with Crippen LogP contribution in [0.25, 0.3) is 0 Å². The summed E-state index contributed by atoms with van der Waals surface area (Å²) in [6.07, 6.45) is 1.24. The molecule has 0 saturated carbocycles. The Balaban J connectivity index is 2.97. The predicted molar refractivity (Wildman–Crippen MR) is 31.0 cm³/mol. The lowest BCUT2D eigenvalue weighted by Gasteiger charge is -1.99. The van der Waals surface area contributed by atoms with Gasteiger partial charge in [-0.15, -0.1) is 0 Å². The van der Waals surface area contributed by atoms with Gasteiger partial charge < -0.3 is 11.2 Å². The SMILES string of the molecule is CC(C)NN=CN. The molecular weight excluding hydrogens is 90.1 g/mol. The molecule has 0 amide bonds. The molecule has 0 fully saturated rings. The summed E-state index contributed by atoms with van der Waals surface area (Å²) < 4.78 is 0. The van der Waals surface area contributed by atoms with E-state index >= 15 is 0 Å². The summed E-state index contributed by atoms with van der Waals surface area (Å²) in [5.41, 5.74) is 7.66. The van der Waals surface area contributed by atoms with E-state index in [9.17, 15) is 0 Å². The first kappa shape index (κ1) is 6.27. The third kappa shape index (κ3) is 5.27. The van der Waals surface area contributed by atoms with Crippen molar-refractivity contribution in [3.8, 4) is 0 Å². The minimum atomic E-state index is 0.375. The molecule has 0 rings (SSSR count). The van der Waals surface area contributed by atoms with Crippen molar-refractivity contribution < 1.29 is 0 Å². The quantitative estimate of drug-likeness (QED) is 0.289. The molecule has 0 aliphatic heterocycles. The van der Waals surface area contributed by atoms with E-state index in [4.69, 9.17) is 5.73 Å². The lowest BCUT2D eigenvalue weighted by atomic mass is 10.4. The highest BCUT2D eigenvalue weighted by Crippen LogP contribution is 1.71. The summed E-state index contributed by atoms with van der Waals surface area (Å²) in [6, 6.07) is 0.375. The van der Waals surface area contributed by atoms with Crippen molar-refractivity contribution >= 4 is 6.34 Å². The molecule has 0 aliphatic carbocycles. The standard InChI is InChI=1S/C4H11N3/c1-4(2)7-6-3-5/h3-4,7H,1-2H3,(H2,5,6). The molecule has 0 aromatic heterocycles. The molecule has 42 valence electrons. The summed E-state index contributed by atoms with van der Waals surface area (Å²) in [5.74, 6) is 0. The minimum Gasteiger partial charge on any atom is -0.388 e. The maximum atomic E-state index is 4.92. The second kappa shape index (κ2) is 3.46. The molecular formula is C4H11N3. The van der Waals surface area contributed by atoms with Gasteiger partial charge in [-0.05, 0) is 13.8 Å². The van der Waals surface area contributed by atoms with Crippen LogP contribution in [0.2, 0.25) is 0 Å². The number of hydrogen-bond donors (Lipinski definition) is 2. The fourth-order valence-electron chi connectivity index (χ4n) is 0.192. The minimum absolute atomic E-state index is 0.375. The van der Waals surface area contributed by atoms with Crippen LogP contribution in [0.15, 0.2) is 5.10 Å². The van der Waals surface area contributed by atoms with E-state index in [2.05, 4.69) is 10.5 Å². The van der Waals surface area contributed by atoms with Crippen LogP contribution in [0, 0.1) is 0 Å².